The summed E-state index contributed by atoms with van der Waals surface area (Å²) in [5.74, 6) is 0. The van der Waals surface area contributed by atoms with E-state index in [1.807, 2.05) is 0 Å². The molecule has 0 saturated heterocycles. The molecule has 0 amide bonds. The molecule has 0 nitrogen and oxygen atoms in total. The third-order valence-electron chi connectivity index (χ3n) is 12.2. The van der Waals surface area contributed by atoms with Crippen LogP contribution < -0.4 is 0 Å². The molecule has 0 aliphatic heterocycles. The third kappa shape index (κ3) is 4.60. The van der Waals surface area contributed by atoms with Crippen molar-refractivity contribution in [2.24, 2.45) is 0 Å². The maximum absolute atomic E-state index is 2.44. The van der Waals surface area contributed by atoms with Crippen molar-refractivity contribution in [2.45, 2.75) is 0 Å². The Morgan fingerprint density at radius 2 is 0.554 bits per heavy atom. The van der Waals surface area contributed by atoms with Gasteiger partial charge in [-0.2, -0.15) is 0 Å². The summed E-state index contributed by atoms with van der Waals surface area (Å²) < 4.78 is 0. The lowest BCUT2D eigenvalue weighted by molar-refractivity contribution is 1.67. The summed E-state index contributed by atoms with van der Waals surface area (Å²) in [4.78, 5) is 0. The van der Waals surface area contributed by atoms with Crippen LogP contribution in [0.25, 0.3) is 120 Å². The first-order valence-corrected chi connectivity index (χ1v) is 19.5. The van der Waals surface area contributed by atoms with Crippen molar-refractivity contribution in [1.82, 2.24) is 0 Å². The molecule has 258 valence electrons. The summed E-state index contributed by atoms with van der Waals surface area (Å²) in [5.41, 5.74) is 7.53. The first-order chi connectivity index (χ1) is 27.8. The lowest BCUT2D eigenvalue weighted by Crippen LogP contribution is -1.91. The van der Waals surface area contributed by atoms with E-state index in [1.54, 1.807) is 0 Å². The van der Waals surface area contributed by atoms with Crippen LogP contribution in [0, 0.1) is 0 Å². The molecule has 12 aromatic rings. The largest absolute Gasteiger partial charge is 0.0616 e. The summed E-state index contributed by atoms with van der Waals surface area (Å²) in [7, 11) is 0. The Kier molecular flexibility index (Phi) is 6.73. The van der Waals surface area contributed by atoms with E-state index >= 15 is 0 Å². The first-order valence-electron chi connectivity index (χ1n) is 19.5. The van der Waals surface area contributed by atoms with Gasteiger partial charge < -0.3 is 0 Å². The Morgan fingerprint density at radius 3 is 1.12 bits per heavy atom. The van der Waals surface area contributed by atoms with E-state index in [-0.39, 0.29) is 0 Å². The number of hydrogen-bond donors (Lipinski definition) is 0. The van der Waals surface area contributed by atoms with E-state index < -0.39 is 0 Å². The molecule has 0 bridgehead atoms. The standard InChI is InChI=1S/C56H34/c1-2-14-41-36(13-1)33-53(46-19-7-3-15-42(41)46)37-27-25-35-26-28-38(32-40(35)31-37)55-49-21-9-11-23-51(49)56(52-24-12-10-22-50(52)55)39-29-30-48-45-18-5-4-16-43(45)44-17-6-8-20-47(44)54(48)34-39/h1-34H. The van der Waals surface area contributed by atoms with Crippen LogP contribution in [0.4, 0.5) is 0 Å². The molecule has 0 fully saturated rings. The molecule has 0 heterocycles. The Bertz CT molecular complexity index is 3490. The van der Waals surface area contributed by atoms with Crippen LogP contribution in [0.1, 0.15) is 0 Å². The van der Waals surface area contributed by atoms with E-state index in [0.29, 0.717) is 0 Å². The van der Waals surface area contributed by atoms with E-state index in [2.05, 4.69) is 206 Å². The topological polar surface area (TPSA) is 0 Å². The smallest absolute Gasteiger partial charge is 0.00261 e. The minimum absolute atomic E-state index is 1.23. The fraction of sp³-hybridized carbons (Fsp3) is 0. The molecule has 12 rings (SSSR count). The average Bonchev–Trinajstić information content (AvgIpc) is 3.27. The fourth-order valence-corrected chi connectivity index (χ4v) is 9.68. The molecular formula is C56H34. The van der Waals surface area contributed by atoms with Gasteiger partial charge in [-0.3, -0.25) is 0 Å². The molecule has 0 saturated carbocycles. The zero-order valence-corrected chi connectivity index (χ0v) is 30.6. The molecule has 0 atom stereocenters. The Hall–Kier alpha value is -7.28. The highest BCUT2D eigenvalue weighted by molar-refractivity contribution is 6.27. The van der Waals surface area contributed by atoms with E-state index in [1.165, 1.54) is 120 Å². The van der Waals surface area contributed by atoms with Gasteiger partial charge in [-0.25, -0.2) is 0 Å². The second kappa shape index (κ2) is 12.1. The van der Waals surface area contributed by atoms with Crippen molar-refractivity contribution in [3.05, 3.63) is 206 Å². The molecule has 0 N–H and O–H groups in total. The van der Waals surface area contributed by atoms with Gasteiger partial charge in [-0.1, -0.05) is 182 Å². The average molecular weight is 707 g/mol. The SMILES string of the molecule is c1ccc2c(c1)cc(-c1ccc3ccc(-c4c5ccccc5c(-c5ccc6c7ccccc7c7ccccc7c6c5)c5ccccc45)cc3c1)c1ccccc12. The van der Waals surface area contributed by atoms with Crippen molar-refractivity contribution < 1.29 is 0 Å². The van der Waals surface area contributed by atoms with E-state index in [4.69, 9.17) is 0 Å². The maximum atomic E-state index is 2.44. The van der Waals surface area contributed by atoms with E-state index in [0.717, 1.165) is 0 Å². The predicted octanol–water partition coefficient (Wildman–Crippen LogP) is 15.9. The van der Waals surface area contributed by atoms with Crippen LogP contribution in [-0.2, 0) is 0 Å². The van der Waals surface area contributed by atoms with Gasteiger partial charge in [0.15, 0.2) is 0 Å². The maximum Gasteiger partial charge on any atom is -0.00261 e. The molecule has 0 unspecified atom stereocenters. The fourth-order valence-electron chi connectivity index (χ4n) is 9.68. The Labute approximate surface area is 324 Å². The number of rotatable bonds is 3. The second-order valence-electron chi connectivity index (χ2n) is 15.2. The molecular weight excluding hydrogens is 673 g/mol. The lowest BCUT2D eigenvalue weighted by Gasteiger charge is -2.19. The Morgan fingerprint density at radius 1 is 0.179 bits per heavy atom. The zero-order chi connectivity index (χ0) is 36.7. The van der Waals surface area contributed by atoms with Gasteiger partial charge in [-0.15, -0.1) is 0 Å². The monoisotopic (exact) mass is 706 g/mol. The summed E-state index contributed by atoms with van der Waals surface area (Å²) in [6.07, 6.45) is 0. The van der Waals surface area contributed by atoms with Crippen LogP contribution in [0.5, 0.6) is 0 Å². The number of fused-ring (bicyclic) bond motifs is 12. The molecule has 0 aliphatic rings. The summed E-state index contributed by atoms with van der Waals surface area (Å²) in [5, 5.41) is 20.4. The van der Waals surface area contributed by atoms with Gasteiger partial charge in [0, 0.05) is 0 Å². The van der Waals surface area contributed by atoms with Gasteiger partial charge in [0.25, 0.3) is 0 Å². The van der Waals surface area contributed by atoms with Crippen LogP contribution in [-0.4, -0.2) is 0 Å². The predicted molar refractivity (Wildman–Crippen MR) is 243 cm³/mol. The first kappa shape index (κ1) is 31.1. The van der Waals surface area contributed by atoms with Gasteiger partial charge in [0.05, 0.1) is 0 Å². The van der Waals surface area contributed by atoms with Crippen molar-refractivity contribution in [1.29, 1.82) is 0 Å². The highest BCUT2D eigenvalue weighted by Crippen LogP contribution is 2.46. The van der Waals surface area contributed by atoms with Gasteiger partial charge in [-0.05, 0) is 144 Å². The lowest BCUT2D eigenvalue weighted by atomic mass is 9.84. The molecule has 0 spiro atoms. The van der Waals surface area contributed by atoms with Crippen LogP contribution in [0.15, 0.2) is 206 Å². The highest BCUT2D eigenvalue weighted by atomic mass is 14.2. The Balaban J connectivity index is 1.09. The second-order valence-corrected chi connectivity index (χ2v) is 15.2. The van der Waals surface area contributed by atoms with Crippen LogP contribution >= 0.6 is 0 Å². The third-order valence-corrected chi connectivity index (χ3v) is 12.2. The molecule has 0 heteroatoms. The quantitative estimate of drug-likeness (QED) is 0.127. The normalized spacial score (nSPS) is 11.9. The molecule has 0 aromatic heterocycles. The van der Waals surface area contributed by atoms with Crippen molar-refractivity contribution in [3.8, 4) is 33.4 Å². The molecule has 12 aromatic carbocycles. The highest BCUT2D eigenvalue weighted by Gasteiger charge is 2.18. The summed E-state index contributed by atoms with van der Waals surface area (Å²) in [6.45, 7) is 0. The van der Waals surface area contributed by atoms with Crippen molar-refractivity contribution in [3.63, 3.8) is 0 Å². The minimum atomic E-state index is 1.23. The molecule has 0 radical (unpaired) electrons. The summed E-state index contributed by atoms with van der Waals surface area (Å²) >= 11 is 0. The molecule has 56 heavy (non-hydrogen) atoms. The van der Waals surface area contributed by atoms with Gasteiger partial charge in [0.2, 0.25) is 0 Å². The zero-order valence-electron chi connectivity index (χ0n) is 30.6. The minimum Gasteiger partial charge on any atom is -0.0616 e. The van der Waals surface area contributed by atoms with Crippen molar-refractivity contribution in [2.75, 3.05) is 0 Å². The van der Waals surface area contributed by atoms with Crippen LogP contribution in [0.2, 0.25) is 0 Å². The van der Waals surface area contributed by atoms with Gasteiger partial charge in [0.1, 0.15) is 0 Å². The van der Waals surface area contributed by atoms with Gasteiger partial charge >= 0.3 is 0 Å². The van der Waals surface area contributed by atoms with Crippen molar-refractivity contribution >= 4 is 86.2 Å². The number of hydrogen-bond acceptors (Lipinski definition) is 0. The molecule has 0 aliphatic carbocycles. The number of benzene rings is 12. The van der Waals surface area contributed by atoms with E-state index in [9.17, 15) is 0 Å². The summed E-state index contributed by atoms with van der Waals surface area (Å²) in [6, 6.07) is 76.7. The van der Waals surface area contributed by atoms with Crippen LogP contribution in [0.3, 0.4) is 0 Å².